The number of sulfonamides is 1. The van der Waals surface area contributed by atoms with Gasteiger partial charge in [0.25, 0.3) is 15.9 Å². The molecule has 7 nitrogen and oxygen atoms in total. The van der Waals surface area contributed by atoms with E-state index in [1.165, 1.54) is 37.5 Å². The average molecular weight is 476 g/mol. The van der Waals surface area contributed by atoms with Gasteiger partial charge in [-0.15, -0.1) is 0 Å². The van der Waals surface area contributed by atoms with Crippen molar-refractivity contribution in [2.24, 2.45) is 0 Å². The van der Waals surface area contributed by atoms with E-state index >= 15 is 0 Å². The lowest BCUT2D eigenvalue weighted by Gasteiger charge is -2.29. The smallest absolute Gasteiger partial charge is 0.336 e. The normalized spacial score (nSPS) is 18.8. The minimum atomic E-state index is -4.05. The Labute approximate surface area is 193 Å². The molecule has 0 saturated heterocycles. The number of fused-ring (bicyclic) bond motifs is 1. The van der Waals surface area contributed by atoms with Gasteiger partial charge < -0.3 is 10.6 Å². The zero-order valence-electron chi connectivity index (χ0n) is 17.6. The molecule has 9 heteroatoms. The molecular weight excluding hydrogens is 450 g/mol. The first kappa shape index (κ1) is 22.6. The summed E-state index contributed by atoms with van der Waals surface area (Å²) < 4.78 is 26.7. The standard InChI is InChI=1S/C23H26ClN3O4S/c24-18-12-13-20-21(14-18)32(30,31)27(23(29)26-20)15-16-8-10-17(11-9-16)22(28)25-19-6-4-2-1-3-5-7-19/h8-14,19H,1-7,15H2,(H,25,28)(H,26,29). The van der Waals surface area contributed by atoms with Crippen molar-refractivity contribution in [3.05, 3.63) is 58.6 Å². The third-order valence-electron chi connectivity index (χ3n) is 5.96. The number of rotatable bonds is 4. The second-order valence-corrected chi connectivity index (χ2v) is 10.6. The zero-order chi connectivity index (χ0) is 22.7. The van der Waals surface area contributed by atoms with E-state index in [-0.39, 0.29) is 34.1 Å². The van der Waals surface area contributed by atoms with Gasteiger partial charge in [0.2, 0.25) is 0 Å². The molecule has 2 N–H and O–H groups in total. The monoisotopic (exact) mass is 475 g/mol. The van der Waals surface area contributed by atoms with Crippen molar-refractivity contribution in [1.82, 2.24) is 9.62 Å². The number of hydrogen-bond acceptors (Lipinski definition) is 4. The van der Waals surface area contributed by atoms with Gasteiger partial charge in [-0.1, -0.05) is 55.8 Å². The lowest BCUT2D eigenvalue weighted by molar-refractivity contribution is 0.0930. The number of benzene rings is 2. The Bertz CT molecular complexity index is 1110. The second-order valence-electron chi connectivity index (χ2n) is 8.29. The van der Waals surface area contributed by atoms with Gasteiger partial charge in [0.05, 0.1) is 12.2 Å². The second kappa shape index (κ2) is 9.50. The van der Waals surface area contributed by atoms with E-state index in [1.807, 2.05) is 0 Å². The van der Waals surface area contributed by atoms with Crippen LogP contribution in [-0.2, 0) is 16.6 Å². The quantitative estimate of drug-likeness (QED) is 0.656. The minimum absolute atomic E-state index is 0.0419. The van der Waals surface area contributed by atoms with Crippen molar-refractivity contribution in [2.45, 2.75) is 62.4 Å². The van der Waals surface area contributed by atoms with Crippen molar-refractivity contribution >= 4 is 39.2 Å². The van der Waals surface area contributed by atoms with Crippen molar-refractivity contribution < 1.29 is 18.0 Å². The molecule has 0 radical (unpaired) electrons. The molecule has 0 aromatic heterocycles. The van der Waals surface area contributed by atoms with E-state index in [0.717, 1.165) is 30.0 Å². The van der Waals surface area contributed by atoms with Crippen LogP contribution in [0.5, 0.6) is 0 Å². The largest absolute Gasteiger partial charge is 0.349 e. The number of halogens is 1. The van der Waals surface area contributed by atoms with Crippen LogP contribution in [0.15, 0.2) is 47.4 Å². The summed E-state index contributed by atoms with van der Waals surface area (Å²) in [5, 5.41) is 5.97. The summed E-state index contributed by atoms with van der Waals surface area (Å²) in [5.74, 6) is -0.131. The van der Waals surface area contributed by atoms with Crippen molar-refractivity contribution in [1.29, 1.82) is 0 Å². The molecule has 0 bridgehead atoms. The van der Waals surface area contributed by atoms with Gasteiger partial charge in [0.1, 0.15) is 4.90 Å². The van der Waals surface area contributed by atoms with Gasteiger partial charge in [-0.05, 0) is 48.7 Å². The molecule has 0 spiro atoms. The topological polar surface area (TPSA) is 95.6 Å². The molecule has 3 amide bonds. The van der Waals surface area contributed by atoms with Gasteiger partial charge in [-0.25, -0.2) is 17.5 Å². The van der Waals surface area contributed by atoms with Crippen molar-refractivity contribution in [3.8, 4) is 0 Å². The van der Waals surface area contributed by atoms with Crippen LogP contribution in [0, 0.1) is 0 Å². The molecule has 32 heavy (non-hydrogen) atoms. The number of anilines is 1. The highest BCUT2D eigenvalue weighted by Crippen LogP contribution is 2.33. The number of nitrogens with zero attached hydrogens (tertiary/aromatic N) is 1. The molecule has 2 aromatic carbocycles. The maximum Gasteiger partial charge on any atom is 0.336 e. The maximum absolute atomic E-state index is 13.0. The Morgan fingerprint density at radius 2 is 1.69 bits per heavy atom. The first-order valence-electron chi connectivity index (χ1n) is 10.9. The van der Waals surface area contributed by atoms with Crippen LogP contribution in [0.4, 0.5) is 10.5 Å². The van der Waals surface area contributed by atoms with Gasteiger partial charge in [-0.3, -0.25) is 4.79 Å². The number of urea groups is 1. The summed E-state index contributed by atoms with van der Waals surface area (Å²) in [6.07, 6.45) is 7.95. The number of amides is 3. The molecule has 1 saturated carbocycles. The molecule has 1 aliphatic carbocycles. The number of nitrogens with one attached hydrogen (secondary N) is 2. The van der Waals surface area contributed by atoms with Gasteiger partial charge in [-0.2, -0.15) is 0 Å². The van der Waals surface area contributed by atoms with Crippen LogP contribution < -0.4 is 10.6 Å². The van der Waals surface area contributed by atoms with Gasteiger partial charge in [0.15, 0.2) is 0 Å². The van der Waals surface area contributed by atoms with E-state index < -0.39 is 16.1 Å². The molecule has 2 aromatic rings. The fourth-order valence-electron chi connectivity index (χ4n) is 4.17. The van der Waals surface area contributed by atoms with Crippen molar-refractivity contribution in [2.75, 3.05) is 5.32 Å². The van der Waals surface area contributed by atoms with E-state index in [9.17, 15) is 18.0 Å². The molecule has 170 valence electrons. The molecule has 1 heterocycles. The van der Waals surface area contributed by atoms with E-state index in [0.29, 0.717) is 11.1 Å². The highest BCUT2D eigenvalue weighted by atomic mass is 35.5. The summed E-state index contributed by atoms with van der Waals surface area (Å²) in [7, 11) is -4.05. The molecular formula is C23H26ClN3O4S. The maximum atomic E-state index is 13.0. The molecule has 1 aliphatic heterocycles. The molecule has 1 fully saturated rings. The highest BCUT2D eigenvalue weighted by molar-refractivity contribution is 7.90. The Kier molecular flexibility index (Phi) is 6.71. The van der Waals surface area contributed by atoms with Crippen LogP contribution in [0.1, 0.15) is 60.9 Å². The van der Waals surface area contributed by atoms with Crippen LogP contribution in [0.2, 0.25) is 5.02 Å². The summed E-state index contributed by atoms with van der Waals surface area (Å²) in [6, 6.07) is 10.4. The lowest BCUT2D eigenvalue weighted by atomic mass is 9.96. The van der Waals surface area contributed by atoms with E-state index in [1.54, 1.807) is 24.3 Å². The van der Waals surface area contributed by atoms with Crippen molar-refractivity contribution in [3.63, 3.8) is 0 Å². The fourth-order valence-corrected chi connectivity index (χ4v) is 5.90. The van der Waals surface area contributed by atoms with Crippen LogP contribution in [-0.4, -0.2) is 30.7 Å². The number of carbonyl (C=O) groups is 2. The highest BCUT2D eigenvalue weighted by Gasteiger charge is 2.36. The molecule has 0 unspecified atom stereocenters. The first-order valence-corrected chi connectivity index (χ1v) is 12.7. The summed E-state index contributed by atoms with van der Waals surface area (Å²) >= 11 is 5.95. The average Bonchev–Trinajstić information content (AvgIpc) is 2.74. The van der Waals surface area contributed by atoms with Crippen LogP contribution in [0.3, 0.4) is 0 Å². The van der Waals surface area contributed by atoms with Gasteiger partial charge >= 0.3 is 6.03 Å². The fraction of sp³-hybridized carbons (Fsp3) is 0.391. The van der Waals surface area contributed by atoms with Crippen LogP contribution >= 0.6 is 11.6 Å². The minimum Gasteiger partial charge on any atom is -0.349 e. The van der Waals surface area contributed by atoms with Crippen LogP contribution in [0.25, 0.3) is 0 Å². The Morgan fingerprint density at radius 1 is 1.03 bits per heavy atom. The Balaban J connectivity index is 1.45. The Hall–Kier alpha value is -2.58. The summed E-state index contributed by atoms with van der Waals surface area (Å²) in [6.45, 7) is -0.148. The lowest BCUT2D eigenvalue weighted by Crippen LogP contribution is -2.43. The predicted molar refractivity (Wildman–Crippen MR) is 123 cm³/mol. The van der Waals surface area contributed by atoms with Gasteiger partial charge in [0, 0.05) is 16.6 Å². The molecule has 0 atom stereocenters. The van der Waals surface area contributed by atoms with E-state index in [4.69, 9.17) is 11.6 Å². The number of carbonyl (C=O) groups excluding carboxylic acids is 2. The summed E-state index contributed by atoms with van der Waals surface area (Å²) in [5.41, 5.74) is 1.31. The third kappa shape index (κ3) is 4.91. The van der Waals surface area contributed by atoms with E-state index in [2.05, 4.69) is 10.6 Å². The SMILES string of the molecule is O=C(NC1CCCCCCC1)c1ccc(CN2C(=O)Nc3ccc(Cl)cc3S2(=O)=O)cc1. The summed E-state index contributed by atoms with van der Waals surface area (Å²) in [4.78, 5) is 25.1. The first-order chi connectivity index (χ1) is 15.3. The Morgan fingerprint density at radius 3 is 2.38 bits per heavy atom. The number of hydrogen-bond donors (Lipinski definition) is 2. The zero-order valence-corrected chi connectivity index (χ0v) is 19.2. The predicted octanol–water partition coefficient (Wildman–Crippen LogP) is 4.92. The third-order valence-corrected chi connectivity index (χ3v) is 7.97. The molecule has 4 rings (SSSR count). The molecule has 2 aliphatic rings.